The van der Waals surface area contributed by atoms with E-state index in [0.29, 0.717) is 22.2 Å². The van der Waals surface area contributed by atoms with E-state index in [1.54, 1.807) is 18.5 Å². The van der Waals surface area contributed by atoms with Crippen LogP contribution in [-0.4, -0.2) is 20.9 Å². The van der Waals surface area contributed by atoms with Crippen LogP contribution in [0.2, 0.25) is 5.15 Å². The van der Waals surface area contributed by atoms with Crippen LogP contribution >= 0.6 is 11.6 Å². The van der Waals surface area contributed by atoms with Gasteiger partial charge in [0.25, 0.3) is 5.91 Å². The van der Waals surface area contributed by atoms with Crippen molar-refractivity contribution < 1.29 is 4.79 Å². The number of carbonyl (C=O) groups is 1. The summed E-state index contributed by atoms with van der Waals surface area (Å²) in [6.07, 6.45) is 4.66. The number of benzene rings is 1. The maximum atomic E-state index is 12.3. The molecule has 0 aliphatic heterocycles. The molecule has 0 fully saturated rings. The van der Waals surface area contributed by atoms with Crippen molar-refractivity contribution in [3.05, 3.63) is 77.0 Å². The van der Waals surface area contributed by atoms with Gasteiger partial charge < -0.3 is 10.6 Å². The number of hydrogen-bond donors (Lipinski definition) is 2. The number of halogens is 1. The normalized spacial score (nSPS) is 11.7. The SMILES string of the molecule is Cc1ccc(C(=O)Nc2cccc(C(C)Nc3cncc(Cl)n3)c2)cn1. The molecule has 26 heavy (non-hydrogen) atoms. The molecule has 2 aromatic heterocycles. The molecule has 7 heteroatoms. The highest BCUT2D eigenvalue weighted by atomic mass is 35.5. The van der Waals surface area contributed by atoms with Gasteiger partial charge in [-0.1, -0.05) is 23.7 Å². The number of pyridine rings is 1. The summed E-state index contributed by atoms with van der Waals surface area (Å²) in [4.78, 5) is 24.7. The zero-order valence-corrected chi connectivity index (χ0v) is 15.2. The summed E-state index contributed by atoms with van der Waals surface area (Å²) in [5.74, 6) is 0.390. The van der Waals surface area contributed by atoms with Gasteiger partial charge in [0.15, 0.2) is 0 Å². The first-order valence-electron chi connectivity index (χ1n) is 8.09. The molecule has 1 atom stereocenters. The third-order valence-electron chi connectivity index (χ3n) is 3.79. The Kier molecular flexibility index (Phi) is 5.43. The lowest BCUT2D eigenvalue weighted by molar-refractivity contribution is 0.102. The average Bonchev–Trinajstić information content (AvgIpc) is 2.62. The number of nitrogens with one attached hydrogen (secondary N) is 2. The molecule has 1 unspecified atom stereocenters. The number of rotatable bonds is 5. The van der Waals surface area contributed by atoms with E-state index in [-0.39, 0.29) is 11.9 Å². The zero-order valence-electron chi connectivity index (χ0n) is 14.4. The minimum absolute atomic E-state index is 0.0411. The van der Waals surface area contributed by atoms with Gasteiger partial charge in [0, 0.05) is 17.6 Å². The fourth-order valence-electron chi connectivity index (χ4n) is 2.41. The Hall–Kier alpha value is -2.99. The third kappa shape index (κ3) is 4.55. The van der Waals surface area contributed by atoms with E-state index in [4.69, 9.17) is 11.6 Å². The lowest BCUT2D eigenvalue weighted by atomic mass is 10.1. The van der Waals surface area contributed by atoms with Crippen molar-refractivity contribution in [2.45, 2.75) is 19.9 Å². The smallest absolute Gasteiger partial charge is 0.257 e. The highest BCUT2D eigenvalue weighted by Gasteiger charge is 2.10. The number of aromatic nitrogens is 3. The van der Waals surface area contributed by atoms with Crippen molar-refractivity contribution in [2.75, 3.05) is 10.6 Å². The highest BCUT2D eigenvalue weighted by Crippen LogP contribution is 2.21. The van der Waals surface area contributed by atoms with Crippen LogP contribution in [0.25, 0.3) is 0 Å². The van der Waals surface area contributed by atoms with Gasteiger partial charge in [-0.3, -0.25) is 14.8 Å². The Bertz CT molecular complexity index is 914. The van der Waals surface area contributed by atoms with Gasteiger partial charge in [0.05, 0.1) is 24.0 Å². The summed E-state index contributed by atoms with van der Waals surface area (Å²) in [5, 5.41) is 6.46. The molecule has 0 spiro atoms. The first-order chi connectivity index (χ1) is 12.5. The van der Waals surface area contributed by atoms with Gasteiger partial charge in [-0.15, -0.1) is 0 Å². The second kappa shape index (κ2) is 7.93. The minimum atomic E-state index is -0.198. The molecule has 2 heterocycles. The summed E-state index contributed by atoms with van der Waals surface area (Å²) >= 11 is 5.86. The van der Waals surface area contributed by atoms with Crippen LogP contribution in [0.1, 0.15) is 34.6 Å². The Morgan fingerprint density at radius 1 is 1.15 bits per heavy atom. The number of aryl methyl sites for hydroxylation is 1. The molecular weight excluding hydrogens is 350 g/mol. The van der Waals surface area contributed by atoms with E-state index in [1.807, 2.05) is 44.2 Å². The van der Waals surface area contributed by atoms with E-state index in [0.717, 1.165) is 11.3 Å². The number of hydrogen-bond acceptors (Lipinski definition) is 5. The molecule has 3 rings (SSSR count). The van der Waals surface area contributed by atoms with Crippen molar-refractivity contribution in [1.82, 2.24) is 15.0 Å². The zero-order chi connectivity index (χ0) is 18.5. The second-order valence-corrected chi connectivity index (χ2v) is 6.25. The molecule has 0 saturated heterocycles. The van der Waals surface area contributed by atoms with E-state index in [1.165, 1.54) is 6.20 Å². The van der Waals surface area contributed by atoms with Crippen LogP contribution in [-0.2, 0) is 0 Å². The fraction of sp³-hybridized carbons (Fsp3) is 0.158. The first kappa shape index (κ1) is 17.8. The monoisotopic (exact) mass is 367 g/mol. The summed E-state index contributed by atoms with van der Waals surface area (Å²) < 4.78 is 0. The van der Waals surface area contributed by atoms with Crippen LogP contribution in [0.15, 0.2) is 55.0 Å². The Labute approximate surface area is 156 Å². The molecule has 0 aliphatic rings. The largest absolute Gasteiger partial charge is 0.362 e. The summed E-state index contributed by atoms with van der Waals surface area (Å²) in [7, 11) is 0. The Balaban J connectivity index is 1.71. The quantitative estimate of drug-likeness (QED) is 0.704. The molecule has 132 valence electrons. The van der Waals surface area contributed by atoms with E-state index in [9.17, 15) is 4.79 Å². The topological polar surface area (TPSA) is 79.8 Å². The molecule has 6 nitrogen and oxygen atoms in total. The number of nitrogens with zero attached hydrogens (tertiary/aromatic N) is 3. The van der Waals surface area contributed by atoms with E-state index >= 15 is 0 Å². The lowest BCUT2D eigenvalue weighted by Crippen LogP contribution is -2.13. The van der Waals surface area contributed by atoms with Gasteiger partial charge >= 0.3 is 0 Å². The summed E-state index contributed by atoms with van der Waals surface area (Å²) in [6, 6.07) is 11.1. The van der Waals surface area contributed by atoms with Crippen LogP contribution in [0, 0.1) is 6.92 Å². The minimum Gasteiger partial charge on any atom is -0.362 e. The van der Waals surface area contributed by atoms with Gasteiger partial charge in [-0.05, 0) is 43.7 Å². The molecule has 3 aromatic rings. The predicted molar refractivity (Wildman–Crippen MR) is 102 cm³/mol. The molecule has 2 N–H and O–H groups in total. The number of carbonyl (C=O) groups excluding carboxylic acids is 1. The summed E-state index contributed by atoms with van der Waals surface area (Å²) in [5.41, 5.74) is 3.08. The standard InChI is InChI=1S/C19H18ClN5O/c1-12-6-7-15(9-22-12)19(26)24-16-5-3-4-14(8-16)13(2)23-18-11-21-10-17(20)25-18/h3-11,13H,1-2H3,(H,23,25)(H,24,26). The second-order valence-electron chi connectivity index (χ2n) is 5.86. The Morgan fingerprint density at radius 3 is 2.73 bits per heavy atom. The maximum absolute atomic E-state index is 12.3. The average molecular weight is 368 g/mol. The molecule has 0 aliphatic carbocycles. The van der Waals surface area contributed by atoms with E-state index < -0.39 is 0 Å². The molecule has 0 bridgehead atoms. The van der Waals surface area contributed by atoms with Gasteiger partial charge in [-0.2, -0.15) is 0 Å². The molecule has 0 radical (unpaired) electrons. The predicted octanol–water partition coefficient (Wildman–Crippen LogP) is 4.26. The maximum Gasteiger partial charge on any atom is 0.257 e. The fourth-order valence-corrected chi connectivity index (χ4v) is 2.56. The van der Waals surface area contributed by atoms with Crippen LogP contribution in [0.5, 0.6) is 0 Å². The van der Waals surface area contributed by atoms with Crippen molar-refractivity contribution in [3.63, 3.8) is 0 Å². The first-order valence-corrected chi connectivity index (χ1v) is 8.47. The van der Waals surface area contributed by atoms with Crippen molar-refractivity contribution in [1.29, 1.82) is 0 Å². The van der Waals surface area contributed by atoms with Gasteiger partial charge in [0.2, 0.25) is 0 Å². The molecule has 0 saturated carbocycles. The summed E-state index contributed by atoms with van der Waals surface area (Å²) in [6.45, 7) is 3.87. The van der Waals surface area contributed by atoms with Crippen molar-refractivity contribution in [3.8, 4) is 0 Å². The highest BCUT2D eigenvalue weighted by molar-refractivity contribution is 6.29. The number of anilines is 2. The van der Waals surface area contributed by atoms with E-state index in [2.05, 4.69) is 25.6 Å². The van der Waals surface area contributed by atoms with Crippen molar-refractivity contribution in [2.24, 2.45) is 0 Å². The third-order valence-corrected chi connectivity index (χ3v) is 3.97. The van der Waals surface area contributed by atoms with Crippen LogP contribution < -0.4 is 10.6 Å². The molecule has 1 aromatic carbocycles. The Morgan fingerprint density at radius 2 is 2.00 bits per heavy atom. The van der Waals surface area contributed by atoms with Crippen molar-refractivity contribution >= 4 is 29.0 Å². The van der Waals surface area contributed by atoms with Crippen LogP contribution in [0.3, 0.4) is 0 Å². The molecular formula is C19H18ClN5O. The number of amides is 1. The van der Waals surface area contributed by atoms with Gasteiger partial charge in [-0.25, -0.2) is 4.98 Å². The molecule has 1 amide bonds. The van der Waals surface area contributed by atoms with Gasteiger partial charge in [0.1, 0.15) is 11.0 Å². The van der Waals surface area contributed by atoms with Crippen LogP contribution in [0.4, 0.5) is 11.5 Å². The lowest BCUT2D eigenvalue weighted by Gasteiger charge is -2.16.